The molecule has 116 valence electrons. The number of hydrogen-bond donors (Lipinski definition) is 1. The molecule has 0 aromatic heterocycles. The third-order valence-electron chi connectivity index (χ3n) is 4.72. The van der Waals surface area contributed by atoms with Crippen LogP contribution in [0.4, 0.5) is 0 Å². The second-order valence-electron chi connectivity index (χ2n) is 6.11. The molecule has 1 heterocycles. The smallest absolute Gasteiger partial charge is 0.125 e. The van der Waals surface area contributed by atoms with E-state index < -0.39 is 0 Å². The molecule has 2 aliphatic rings. The van der Waals surface area contributed by atoms with E-state index in [2.05, 4.69) is 0 Å². The fourth-order valence-corrected chi connectivity index (χ4v) is 3.53. The summed E-state index contributed by atoms with van der Waals surface area (Å²) >= 11 is 0. The molecule has 1 atom stereocenters. The van der Waals surface area contributed by atoms with E-state index in [4.69, 9.17) is 14.2 Å². The Balaban J connectivity index is 1.58. The van der Waals surface area contributed by atoms with Gasteiger partial charge >= 0.3 is 0 Å². The van der Waals surface area contributed by atoms with Crippen LogP contribution < -0.4 is 9.47 Å². The molecule has 0 bridgehead atoms. The Kier molecular flexibility index (Phi) is 4.36. The number of rotatable bonds is 5. The van der Waals surface area contributed by atoms with Crippen LogP contribution in [0.2, 0.25) is 0 Å². The molecule has 1 aliphatic carbocycles. The van der Waals surface area contributed by atoms with E-state index in [1.807, 2.05) is 18.2 Å². The molecule has 1 aliphatic heterocycles. The molecule has 1 unspecified atom stereocenters. The van der Waals surface area contributed by atoms with Crippen molar-refractivity contribution in [3.05, 3.63) is 23.8 Å². The van der Waals surface area contributed by atoms with Crippen molar-refractivity contribution in [1.82, 2.24) is 0 Å². The van der Waals surface area contributed by atoms with E-state index in [1.54, 1.807) is 7.11 Å². The average molecular weight is 292 g/mol. The lowest BCUT2D eigenvalue weighted by Gasteiger charge is -2.24. The Hall–Kier alpha value is -1.26. The van der Waals surface area contributed by atoms with E-state index >= 15 is 0 Å². The van der Waals surface area contributed by atoms with Gasteiger partial charge in [-0.15, -0.1) is 0 Å². The van der Waals surface area contributed by atoms with Gasteiger partial charge in [0, 0.05) is 5.56 Å². The molecule has 1 aromatic rings. The van der Waals surface area contributed by atoms with E-state index in [-0.39, 0.29) is 18.3 Å². The predicted molar refractivity (Wildman–Crippen MR) is 79.7 cm³/mol. The lowest BCUT2D eigenvalue weighted by molar-refractivity contribution is -0.0510. The maximum Gasteiger partial charge on any atom is 0.125 e. The second-order valence-corrected chi connectivity index (χ2v) is 6.11. The van der Waals surface area contributed by atoms with E-state index in [0.29, 0.717) is 12.4 Å². The van der Waals surface area contributed by atoms with Crippen molar-refractivity contribution in [2.75, 3.05) is 13.7 Å². The summed E-state index contributed by atoms with van der Waals surface area (Å²) < 4.78 is 17.3. The summed E-state index contributed by atoms with van der Waals surface area (Å²) in [6, 6.07) is 5.51. The van der Waals surface area contributed by atoms with Crippen molar-refractivity contribution in [2.24, 2.45) is 0 Å². The molecule has 1 N–H and O–H groups in total. The fourth-order valence-electron chi connectivity index (χ4n) is 3.53. The SMILES string of the molecule is COc1ccc(OCC2CCC3(CCCC3)O2)c(CO)c1. The van der Waals surface area contributed by atoms with Gasteiger partial charge in [0.15, 0.2) is 0 Å². The molecule has 4 nitrogen and oxygen atoms in total. The van der Waals surface area contributed by atoms with Crippen LogP contribution in [0.25, 0.3) is 0 Å². The van der Waals surface area contributed by atoms with Gasteiger partial charge in [0.2, 0.25) is 0 Å². The Morgan fingerprint density at radius 2 is 2.10 bits per heavy atom. The van der Waals surface area contributed by atoms with Gasteiger partial charge in [0.25, 0.3) is 0 Å². The van der Waals surface area contributed by atoms with Gasteiger partial charge in [-0.2, -0.15) is 0 Å². The van der Waals surface area contributed by atoms with Crippen LogP contribution in [-0.2, 0) is 11.3 Å². The van der Waals surface area contributed by atoms with E-state index in [9.17, 15) is 5.11 Å². The van der Waals surface area contributed by atoms with Gasteiger partial charge in [-0.3, -0.25) is 0 Å². The first-order chi connectivity index (χ1) is 10.2. The normalized spacial score (nSPS) is 23.6. The summed E-state index contributed by atoms with van der Waals surface area (Å²) in [5, 5.41) is 9.43. The Bertz CT molecular complexity index is 480. The van der Waals surface area contributed by atoms with Gasteiger partial charge in [-0.1, -0.05) is 12.8 Å². The summed E-state index contributed by atoms with van der Waals surface area (Å²) in [5.41, 5.74) is 0.899. The lowest BCUT2D eigenvalue weighted by Crippen LogP contribution is -2.27. The lowest BCUT2D eigenvalue weighted by atomic mass is 9.98. The van der Waals surface area contributed by atoms with Crippen LogP contribution in [0.3, 0.4) is 0 Å². The third kappa shape index (κ3) is 3.16. The highest BCUT2D eigenvalue weighted by atomic mass is 16.6. The van der Waals surface area contributed by atoms with Crippen molar-refractivity contribution in [3.8, 4) is 11.5 Å². The second kappa shape index (κ2) is 6.24. The standard InChI is InChI=1S/C17H24O4/c1-19-14-4-5-16(13(10-14)11-18)20-12-15-6-9-17(21-15)7-2-3-8-17/h4-5,10,15,18H,2-3,6-9,11-12H2,1H3. The molecule has 0 amide bonds. The molecule has 4 heteroatoms. The summed E-state index contributed by atoms with van der Waals surface area (Å²) in [7, 11) is 1.62. The van der Waals surface area contributed by atoms with Crippen LogP contribution in [-0.4, -0.2) is 30.5 Å². The van der Waals surface area contributed by atoms with Gasteiger partial charge in [0.05, 0.1) is 25.4 Å². The monoisotopic (exact) mass is 292 g/mol. The first-order valence-electron chi connectivity index (χ1n) is 7.83. The highest BCUT2D eigenvalue weighted by Gasteiger charge is 2.42. The average Bonchev–Trinajstić information content (AvgIpc) is 3.15. The van der Waals surface area contributed by atoms with Crippen molar-refractivity contribution in [3.63, 3.8) is 0 Å². The highest BCUT2D eigenvalue weighted by Crippen LogP contribution is 2.43. The summed E-state index contributed by atoms with van der Waals surface area (Å²) in [6.45, 7) is 0.503. The quantitative estimate of drug-likeness (QED) is 0.906. The number of benzene rings is 1. The van der Waals surface area contributed by atoms with Crippen LogP contribution in [0, 0.1) is 0 Å². The number of aliphatic hydroxyl groups excluding tert-OH is 1. The number of ether oxygens (including phenoxy) is 3. The molecule has 1 aromatic carbocycles. The molecular weight excluding hydrogens is 268 g/mol. The topological polar surface area (TPSA) is 47.9 Å². The van der Waals surface area contributed by atoms with Crippen molar-refractivity contribution in [2.45, 2.75) is 56.8 Å². The van der Waals surface area contributed by atoms with Crippen LogP contribution in [0.1, 0.15) is 44.1 Å². The van der Waals surface area contributed by atoms with Gasteiger partial charge in [0.1, 0.15) is 18.1 Å². The number of methoxy groups -OCH3 is 1. The van der Waals surface area contributed by atoms with Crippen LogP contribution >= 0.6 is 0 Å². The van der Waals surface area contributed by atoms with E-state index in [0.717, 1.165) is 24.2 Å². The molecular formula is C17H24O4. The zero-order valence-corrected chi connectivity index (χ0v) is 12.6. The third-order valence-corrected chi connectivity index (χ3v) is 4.72. The Labute approximate surface area is 126 Å². The first-order valence-corrected chi connectivity index (χ1v) is 7.83. The number of aliphatic hydroxyl groups is 1. The van der Waals surface area contributed by atoms with Crippen molar-refractivity contribution < 1.29 is 19.3 Å². The molecule has 2 fully saturated rings. The minimum absolute atomic E-state index is 0.0536. The molecule has 3 rings (SSSR count). The molecule has 1 saturated carbocycles. The van der Waals surface area contributed by atoms with E-state index in [1.165, 1.54) is 25.7 Å². The summed E-state index contributed by atoms with van der Waals surface area (Å²) in [5.74, 6) is 1.45. The zero-order valence-electron chi connectivity index (χ0n) is 12.6. The molecule has 1 spiro atoms. The maximum absolute atomic E-state index is 9.43. The molecule has 0 radical (unpaired) electrons. The minimum atomic E-state index is -0.0536. The Morgan fingerprint density at radius 3 is 2.81 bits per heavy atom. The van der Waals surface area contributed by atoms with Gasteiger partial charge in [-0.25, -0.2) is 0 Å². The maximum atomic E-state index is 9.43. The summed E-state index contributed by atoms with van der Waals surface area (Å²) in [6.07, 6.45) is 7.40. The summed E-state index contributed by atoms with van der Waals surface area (Å²) in [4.78, 5) is 0. The van der Waals surface area contributed by atoms with Crippen LogP contribution in [0.5, 0.6) is 11.5 Å². The minimum Gasteiger partial charge on any atom is -0.497 e. The van der Waals surface area contributed by atoms with Gasteiger partial charge < -0.3 is 19.3 Å². The largest absolute Gasteiger partial charge is 0.497 e. The molecule has 1 saturated heterocycles. The Morgan fingerprint density at radius 1 is 1.29 bits per heavy atom. The first kappa shape index (κ1) is 14.7. The molecule has 21 heavy (non-hydrogen) atoms. The van der Waals surface area contributed by atoms with Crippen molar-refractivity contribution >= 4 is 0 Å². The fraction of sp³-hybridized carbons (Fsp3) is 0.647. The number of hydrogen-bond acceptors (Lipinski definition) is 4. The van der Waals surface area contributed by atoms with Crippen molar-refractivity contribution in [1.29, 1.82) is 0 Å². The highest BCUT2D eigenvalue weighted by molar-refractivity contribution is 5.39. The zero-order chi connectivity index (χ0) is 14.7. The predicted octanol–water partition coefficient (Wildman–Crippen LogP) is 3.06. The van der Waals surface area contributed by atoms with Crippen LogP contribution in [0.15, 0.2) is 18.2 Å². The van der Waals surface area contributed by atoms with Gasteiger partial charge in [-0.05, 0) is 43.9 Å².